The van der Waals surface area contributed by atoms with Gasteiger partial charge in [0, 0.05) is 6.21 Å². The lowest BCUT2D eigenvalue weighted by Gasteiger charge is -2.21. The third-order valence-corrected chi connectivity index (χ3v) is 2.82. The summed E-state index contributed by atoms with van der Waals surface area (Å²) in [5, 5.41) is 9.86. The molecule has 0 aromatic rings. The van der Waals surface area contributed by atoms with E-state index in [0.717, 1.165) is 12.8 Å². The number of aliphatic hydroxyl groups is 1. The highest BCUT2D eigenvalue weighted by Gasteiger charge is 2.20. The third-order valence-electron chi connectivity index (χ3n) is 1.92. The van der Waals surface area contributed by atoms with Crippen molar-refractivity contribution >= 4 is 14.5 Å². The van der Waals surface area contributed by atoms with E-state index in [1.54, 1.807) is 6.21 Å². The van der Waals surface area contributed by atoms with Crippen LogP contribution in [0.3, 0.4) is 0 Å². The van der Waals surface area contributed by atoms with E-state index >= 15 is 0 Å². The van der Waals surface area contributed by atoms with Crippen LogP contribution in [0, 0.1) is 0 Å². The van der Waals surface area contributed by atoms with Crippen molar-refractivity contribution in [3.05, 3.63) is 0 Å². The van der Waals surface area contributed by atoms with E-state index in [2.05, 4.69) is 24.3 Å². The van der Waals surface area contributed by atoms with Crippen LogP contribution in [0.4, 0.5) is 0 Å². The predicted octanol–water partition coefficient (Wildman–Crippen LogP) is 2.44. The fourth-order valence-corrected chi connectivity index (χ4v) is 1.37. The van der Waals surface area contributed by atoms with E-state index in [9.17, 15) is 5.11 Å². The molecule has 0 amide bonds. The van der Waals surface area contributed by atoms with Crippen LogP contribution in [0.1, 0.15) is 26.7 Å². The molecule has 0 fully saturated rings. The molecule has 0 heterocycles. The molecule has 0 aliphatic heterocycles. The first-order valence-corrected chi connectivity index (χ1v) is 8.06. The lowest BCUT2D eigenvalue weighted by molar-refractivity contribution is 0.109. The summed E-state index contributed by atoms with van der Waals surface area (Å²) in [6.07, 6.45) is 3.24. The van der Waals surface area contributed by atoms with Crippen LogP contribution in [0.15, 0.2) is 4.66 Å². The zero-order chi connectivity index (χ0) is 9.83. The molecular weight excluding hydrogens is 166 g/mol. The lowest BCUT2D eigenvalue weighted by atomic mass is 10.00. The highest BCUT2D eigenvalue weighted by Crippen LogP contribution is 2.13. The van der Waals surface area contributed by atoms with Crippen LogP contribution < -0.4 is 0 Å². The normalized spacial score (nSPS) is 14.2. The van der Waals surface area contributed by atoms with Crippen LogP contribution in [0.25, 0.3) is 0 Å². The van der Waals surface area contributed by atoms with Gasteiger partial charge in [-0.1, -0.05) is 13.8 Å². The summed E-state index contributed by atoms with van der Waals surface area (Å²) in [4.78, 5) is 0. The smallest absolute Gasteiger partial charge is 0.171 e. The van der Waals surface area contributed by atoms with Crippen molar-refractivity contribution in [1.82, 2.24) is 0 Å². The quantitative estimate of drug-likeness (QED) is 0.532. The largest absolute Gasteiger partial charge is 0.384 e. The minimum absolute atomic E-state index is 0.666. The summed E-state index contributed by atoms with van der Waals surface area (Å²) in [6, 6.07) is 0. The Morgan fingerprint density at radius 1 is 1.25 bits per heavy atom. The van der Waals surface area contributed by atoms with Crippen LogP contribution in [-0.4, -0.2) is 25.2 Å². The molecule has 0 atom stereocenters. The Bertz CT molecular complexity index is 156. The molecule has 0 unspecified atom stereocenters. The monoisotopic (exact) mass is 187 g/mol. The van der Waals surface area contributed by atoms with Crippen molar-refractivity contribution in [2.45, 2.75) is 51.9 Å². The first kappa shape index (κ1) is 11.8. The summed E-state index contributed by atoms with van der Waals surface area (Å²) in [5.41, 5.74) is -0.666. The minimum atomic E-state index is -1.39. The molecule has 0 aromatic carbocycles. The average Bonchev–Trinajstić information content (AvgIpc) is 1.99. The predicted molar refractivity (Wildman–Crippen MR) is 57.4 cm³/mol. The molecule has 0 saturated carbocycles. The van der Waals surface area contributed by atoms with Crippen molar-refractivity contribution in [3.8, 4) is 0 Å². The van der Waals surface area contributed by atoms with Gasteiger partial charge in [-0.05, 0) is 32.5 Å². The van der Waals surface area contributed by atoms with E-state index in [1.165, 1.54) is 0 Å². The molecule has 72 valence electrons. The fourth-order valence-electron chi connectivity index (χ4n) is 0.746. The van der Waals surface area contributed by atoms with Gasteiger partial charge in [0.05, 0.1) is 5.60 Å². The summed E-state index contributed by atoms with van der Waals surface area (Å²) in [6.45, 7) is 10.5. The van der Waals surface area contributed by atoms with Crippen molar-refractivity contribution in [2.75, 3.05) is 0 Å². The molecule has 0 radical (unpaired) electrons. The van der Waals surface area contributed by atoms with E-state index in [1.807, 2.05) is 13.8 Å². The van der Waals surface area contributed by atoms with E-state index in [4.69, 9.17) is 0 Å². The zero-order valence-corrected chi connectivity index (χ0v) is 9.89. The van der Waals surface area contributed by atoms with Crippen LogP contribution in [0.5, 0.6) is 0 Å². The van der Waals surface area contributed by atoms with Gasteiger partial charge in [0.2, 0.25) is 0 Å². The van der Waals surface area contributed by atoms with E-state index in [-0.39, 0.29) is 0 Å². The molecular formula is C9H21NOSi. The maximum atomic E-state index is 9.86. The molecule has 12 heavy (non-hydrogen) atoms. The second-order valence-corrected chi connectivity index (χ2v) is 8.84. The highest BCUT2D eigenvalue weighted by molar-refractivity contribution is 6.75. The molecule has 3 heteroatoms. The molecule has 0 aliphatic carbocycles. The van der Waals surface area contributed by atoms with Gasteiger partial charge in [-0.2, -0.15) is 0 Å². The SMILES string of the molecule is CCC(O)(C=N[Si](C)(C)C)CC. The number of hydrogen-bond acceptors (Lipinski definition) is 2. The second-order valence-electron chi connectivity index (χ2n) is 4.24. The van der Waals surface area contributed by atoms with Gasteiger partial charge >= 0.3 is 0 Å². The Morgan fingerprint density at radius 2 is 1.67 bits per heavy atom. The Morgan fingerprint density at radius 3 is 1.92 bits per heavy atom. The fraction of sp³-hybridized carbons (Fsp3) is 0.889. The molecule has 0 aliphatic rings. The van der Waals surface area contributed by atoms with Gasteiger partial charge in [-0.25, -0.2) is 0 Å². The summed E-state index contributed by atoms with van der Waals surface area (Å²) in [7, 11) is -1.39. The van der Waals surface area contributed by atoms with Crippen molar-refractivity contribution in [3.63, 3.8) is 0 Å². The maximum absolute atomic E-state index is 9.86. The Balaban J connectivity index is 4.30. The Labute approximate surface area is 76.8 Å². The highest BCUT2D eigenvalue weighted by atomic mass is 28.3. The Hall–Kier alpha value is -0.153. The third kappa shape index (κ3) is 4.67. The first-order chi connectivity index (χ1) is 5.33. The van der Waals surface area contributed by atoms with Gasteiger partial charge in [-0.15, -0.1) is 0 Å². The topological polar surface area (TPSA) is 32.6 Å². The van der Waals surface area contributed by atoms with Gasteiger partial charge in [0.1, 0.15) is 0 Å². The number of hydrogen-bond donors (Lipinski definition) is 1. The molecule has 0 saturated heterocycles. The number of rotatable bonds is 4. The molecule has 0 aromatic heterocycles. The van der Waals surface area contributed by atoms with E-state index < -0.39 is 13.8 Å². The lowest BCUT2D eigenvalue weighted by Crippen LogP contribution is -2.31. The van der Waals surface area contributed by atoms with Crippen molar-refractivity contribution in [1.29, 1.82) is 0 Å². The second kappa shape index (κ2) is 4.19. The standard InChI is InChI=1S/C9H21NOSi/c1-6-9(11,7-2)8-10-12(3,4)5/h8,11H,6-7H2,1-5H3. The van der Waals surface area contributed by atoms with Gasteiger partial charge in [-0.3, -0.25) is 0 Å². The van der Waals surface area contributed by atoms with Crippen molar-refractivity contribution in [2.24, 2.45) is 4.66 Å². The maximum Gasteiger partial charge on any atom is 0.171 e. The van der Waals surface area contributed by atoms with Crippen LogP contribution in [0.2, 0.25) is 19.6 Å². The first-order valence-electron chi connectivity index (χ1n) is 4.62. The average molecular weight is 187 g/mol. The molecule has 0 rings (SSSR count). The Kier molecular flexibility index (Phi) is 4.13. The van der Waals surface area contributed by atoms with Crippen LogP contribution >= 0.6 is 0 Å². The van der Waals surface area contributed by atoms with Gasteiger partial charge < -0.3 is 9.76 Å². The van der Waals surface area contributed by atoms with Crippen LogP contribution in [-0.2, 0) is 0 Å². The minimum Gasteiger partial charge on any atom is -0.384 e. The molecule has 1 N–H and O–H groups in total. The molecule has 2 nitrogen and oxygen atoms in total. The number of nitrogens with zero attached hydrogens (tertiary/aromatic N) is 1. The summed E-state index contributed by atoms with van der Waals surface area (Å²) < 4.78 is 4.43. The van der Waals surface area contributed by atoms with E-state index in [0.29, 0.717) is 0 Å². The molecule has 0 bridgehead atoms. The van der Waals surface area contributed by atoms with Gasteiger partial charge in [0.15, 0.2) is 8.24 Å². The van der Waals surface area contributed by atoms with Gasteiger partial charge in [0.25, 0.3) is 0 Å². The van der Waals surface area contributed by atoms with Crippen molar-refractivity contribution < 1.29 is 5.11 Å². The zero-order valence-electron chi connectivity index (χ0n) is 8.89. The summed E-state index contributed by atoms with van der Waals surface area (Å²) in [5.74, 6) is 0. The summed E-state index contributed by atoms with van der Waals surface area (Å²) >= 11 is 0. The molecule has 0 spiro atoms.